The molecule has 0 heterocycles. The predicted molar refractivity (Wildman–Crippen MR) is 121 cm³/mol. The van der Waals surface area contributed by atoms with E-state index >= 15 is 0 Å². The van der Waals surface area contributed by atoms with Gasteiger partial charge in [-0.2, -0.15) is 0 Å². The molecule has 1 unspecified atom stereocenters. The van der Waals surface area contributed by atoms with Gasteiger partial charge in [0, 0.05) is 0 Å². The number of carbonyl (C=O) groups excluding carboxylic acids is 2. The maximum Gasteiger partial charge on any atom is 0.410 e. The summed E-state index contributed by atoms with van der Waals surface area (Å²) in [6.45, 7) is -0.695. The first kappa shape index (κ1) is 24.2. The topological polar surface area (TPSA) is 108 Å². The zero-order valence-corrected chi connectivity index (χ0v) is 18.6. The Balaban J connectivity index is 1.56. The number of benzene rings is 3. The molecular formula is C24H23O8P. The molecule has 0 spiro atoms. The Bertz CT molecular complexity index is 1080. The fourth-order valence-corrected chi connectivity index (χ4v) is 4.28. The van der Waals surface area contributed by atoms with E-state index in [4.69, 9.17) is 23.6 Å². The van der Waals surface area contributed by atoms with Gasteiger partial charge in [0.15, 0.2) is 0 Å². The van der Waals surface area contributed by atoms with Gasteiger partial charge in [-0.25, -0.2) is 14.2 Å². The highest BCUT2D eigenvalue weighted by molar-refractivity contribution is 7.62. The third-order valence-electron chi connectivity index (χ3n) is 4.30. The zero-order valence-electron chi connectivity index (χ0n) is 17.7. The standard InChI is InChI=1S/C24H23O8P/c25-15-16-29-23(26)19-11-13-20(14-12-19)24(27)30-17-18-31-33(28,22-9-5-2-6-10-22)32-21-7-3-1-4-8-21/h1-14,25H,15-18H2. The van der Waals surface area contributed by atoms with E-state index in [1.54, 1.807) is 54.6 Å². The maximum absolute atomic E-state index is 13.4. The first-order valence-electron chi connectivity index (χ1n) is 10.1. The molecule has 172 valence electrons. The Kier molecular flexibility index (Phi) is 8.78. The summed E-state index contributed by atoms with van der Waals surface area (Å²) in [5.74, 6) is -0.848. The van der Waals surface area contributed by atoms with Crippen LogP contribution in [0.1, 0.15) is 20.7 Å². The fraction of sp³-hybridized carbons (Fsp3) is 0.167. The third kappa shape index (κ3) is 7.02. The minimum Gasteiger partial charge on any atom is -0.460 e. The van der Waals surface area contributed by atoms with E-state index in [2.05, 4.69) is 0 Å². The number of para-hydroxylation sites is 1. The molecule has 0 saturated carbocycles. The molecule has 0 saturated heterocycles. The number of carbonyl (C=O) groups is 2. The molecule has 8 nitrogen and oxygen atoms in total. The summed E-state index contributed by atoms with van der Waals surface area (Å²) in [6.07, 6.45) is 0. The number of ether oxygens (including phenoxy) is 2. The Morgan fingerprint density at radius 1 is 0.697 bits per heavy atom. The van der Waals surface area contributed by atoms with Gasteiger partial charge in [0.1, 0.15) is 19.0 Å². The first-order valence-corrected chi connectivity index (χ1v) is 11.7. The van der Waals surface area contributed by atoms with Gasteiger partial charge in [-0.15, -0.1) is 0 Å². The lowest BCUT2D eigenvalue weighted by Crippen LogP contribution is -2.16. The summed E-state index contributed by atoms with van der Waals surface area (Å²) in [6, 6.07) is 22.9. The molecule has 0 radical (unpaired) electrons. The molecule has 1 N–H and O–H groups in total. The van der Waals surface area contributed by atoms with Crippen LogP contribution < -0.4 is 9.83 Å². The average molecular weight is 470 g/mol. The lowest BCUT2D eigenvalue weighted by Gasteiger charge is -2.19. The minimum absolute atomic E-state index is 0.108. The first-order chi connectivity index (χ1) is 16.0. The highest BCUT2D eigenvalue weighted by Crippen LogP contribution is 2.47. The average Bonchev–Trinajstić information content (AvgIpc) is 2.86. The smallest absolute Gasteiger partial charge is 0.410 e. The quantitative estimate of drug-likeness (QED) is 0.257. The largest absolute Gasteiger partial charge is 0.460 e. The molecule has 9 heteroatoms. The molecule has 0 amide bonds. The van der Waals surface area contributed by atoms with Crippen molar-refractivity contribution in [3.63, 3.8) is 0 Å². The van der Waals surface area contributed by atoms with E-state index in [0.29, 0.717) is 11.1 Å². The van der Waals surface area contributed by atoms with Gasteiger partial charge in [0.25, 0.3) is 0 Å². The van der Waals surface area contributed by atoms with Gasteiger partial charge in [-0.3, -0.25) is 4.52 Å². The Hall–Kier alpha value is -3.45. The number of aliphatic hydroxyl groups excluding tert-OH is 1. The second-order valence-electron chi connectivity index (χ2n) is 6.64. The van der Waals surface area contributed by atoms with Gasteiger partial charge in [0.05, 0.1) is 29.6 Å². The highest BCUT2D eigenvalue weighted by Gasteiger charge is 2.29. The Labute approximate surface area is 191 Å². The molecule has 0 bridgehead atoms. The van der Waals surface area contributed by atoms with Gasteiger partial charge >= 0.3 is 19.5 Å². The second kappa shape index (κ2) is 12.0. The third-order valence-corrected chi connectivity index (χ3v) is 6.20. The van der Waals surface area contributed by atoms with Crippen molar-refractivity contribution < 1.29 is 37.8 Å². The van der Waals surface area contributed by atoms with Crippen molar-refractivity contribution in [2.75, 3.05) is 26.4 Å². The highest BCUT2D eigenvalue weighted by atomic mass is 31.2. The van der Waals surface area contributed by atoms with E-state index < -0.39 is 19.5 Å². The minimum atomic E-state index is -3.71. The van der Waals surface area contributed by atoms with Crippen molar-refractivity contribution in [1.82, 2.24) is 0 Å². The Morgan fingerprint density at radius 2 is 1.21 bits per heavy atom. The molecule has 0 fully saturated rings. The summed E-state index contributed by atoms with van der Waals surface area (Å²) in [4.78, 5) is 24.0. The maximum atomic E-state index is 13.4. The van der Waals surface area contributed by atoms with Crippen LogP contribution in [0.25, 0.3) is 0 Å². The van der Waals surface area contributed by atoms with Crippen LogP contribution in [0.4, 0.5) is 0 Å². The van der Waals surface area contributed by atoms with Crippen molar-refractivity contribution in [1.29, 1.82) is 0 Å². The van der Waals surface area contributed by atoms with Gasteiger partial charge in [0.2, 0.25) is 0 Å². The fourth-order valence-electron chi connectivity index (χ4n) is 2.72. The van der Waals surface area contributed by atoms with Crippen molar-refractivity contribution in [3.05, 3.63) is 96.1 Å². The zero-order chi connectivity index (χ0) is 23.5. The second-order valence-corrected chi connectivity index (χ2v) is 8.60. The SMILES string of the molecule is O=C(OCCO)c1ccc(C(=O)OCCOP(=O)(Oc2ccccc2)c2ccccc2)cc1. The molecule has 33 heavy (non-hydrogen) atoms. The van der Waals surface area contributed by atoms with Crippen LogP contribution in [0.2, 0.25) is 0 Å². The van der Waals surface area contributed by atoms with Crippen LogP contribution in [-0.2, 0) is 18.6 Å². The number of hydrogen-bond donors (Lipinski definition) is 1. The molecule has 3 aromatic carbocycles. The molecule has 0 aliphatic heterocycles. The molecular weight excluding hydrogens is 447 g/mol. The monoisotopic (exact) mass is 470 g/mol. The number of aliphatic hydroxyl groups is 1. The van der Waals surface area contributed by atoms with Crippen LogP contribution >= 0.6 is 7.60 Å². The summed E-state index contributed by atoms with van der Waals surface area (Å²) in [5, 5.41) is 9.08. The van der Waals surface area contributed by atoms with Gasteiger partial charge < -0.3 is 19.1 Å². The van der Waals surface area contributed by atoms with Crippen LogP contribution in [0.5, 0.6) is 5.75 Å². The predicted octanol–water partition coefficient (Wildman–Crippen LogP) is 3.61. The molecule has 0 aliphatic rings. The number of rotatable bonds is 11. The molecule has 0 aromatic heterocycles. The van der Waals surface area contributed by atoms with E-state index in [0.717, 1.165) is 0 Å². The van der Waals surface area contributed by atoms with E-state index in [1.807, 2.05) is 6.07 Å². The summed E-state index contributed by atoms with van der Waals surface area (Å²) in [7, 11) is -3.71. The lowest BCUT2D eigenvalue weighted by molar-refractivity contribution is 0.0426. The summed E-state index contributed by atoms with van der Waals surface area (Å²) < 4.78 is 34.7. The van der Waals surface area contributed by atoms with Gasteiger partial charge in [-0.05, 0) is 48.5 Å². The van der Waals surface area contributed by atoms with Crippen molar-refractivity contribution in [2.45, 2.75) is 0 Å². The summed E-state index contributed by atoms with van der Waals surface area (Å²) >= 11 is 0. The van der Waals surface area contributed by atoms with Crippen LogP contribution in [-0.4, -0.2) is 43.5 Å². The Morgan fingerprint density at radius 3 is 1.76 bits per heavy atom. The van der Waals surface area contributed by atoms with E-state index in [1.165, 1.54) is 24.3 Å². The molecule has 3 rings (SSSR count). The van der Waals surface area contributed by atoms with E-state index in [-0.39, 0.29) is 37.6 Å². The van der Waals surface area contributed by atoms with Crippen molar-refractivity contribution >= 4 is 24.8 Å². The molecule has 0 aliphatic carbocycles. The van der Waals surface area contributed by atoms with Crippen molar-refractivity contribution in [3.8, 4) is 5.75 Å². The van der Waals surface area contributed by atoms with E-state index in [9.17, 15) is 14.2 Å². The number of hydrogen-bond acceptors (Lipinski definition) is 8. The van der Waals surface area contributed by atoms with Crippen LogP contribution in [0, 0.1) is 0 Å². The lowest BCUT2D eigenvalue weighted by atomic mass is 10.1. The van der Waals surface area contributed by atoms with Crippen molar-refractivity contribution in [2.24, 2.45) is 0 Å². The number of esters is 2. The normalized spacial score (nSPS) is 12.4. The molecule has 3 aromatic rings. The van der Waals surface area contributed by atoms with Crippen LogP contribution in [0.15, 0.2) is 84.9 Å². The molecule has 1 atom stereocenters. The van der Waals surface area contributed by atoms with Gasteiger partial charge in [-0.1, -0.05) is 36.4 Å². The summed E-state index contributed by atoms with van der Waals surface area (Å²) in [5.41, 5.74) is 0.464. The van der Waals surface area contributed by atoms with Crippen LogP contribution in [0.3, 0.4) is 0 Å².